The lowest BCUT2D eigenvalue weighted by Crippen LogP contribution is -2.19. The van der Waals surface area contributed by atoms with Gasteiger partial charge in [-0.1, -0.05) is 12.1 Å². The Kier molecular flexibility index (Phi) is 6.18. The van der Waals surface area contributed by atoms with Crippen LogP contribution in [0.2, 0.25) is 0 Å². The molecule has 0 atom stereocenters. The van der Waals surface area contributed by atoms with Crippen molar-refractivity contribution in [3.63, 3.8) is 0 Å². The monoisotopic (exact) mass is 436 g/mol. The normalized spacial score (nSPS) is 10.6. The number of hydrogen-bond acceptors (Lipinski definition) is 7. The lowest BCUT2D eigenvalue weighted by Gasteiger charge is -2.13. The number of hydrogen-bond donors (Lipinski definition) is 3. The third-order valence-corrected chi connectivity index (χ3v) is 5.50. The van der Waals surface area contributed by atoms with Gasteiger partial charge in [-0.2, -0.15) is 5.10 Å². The van der Waals surface area contributed by atoms with E-state index < -0.39 is 0 Å². The van der Waals surface area contributed by atoms with Crippen molar-refractivity contribution in [2.24, 2.45) is 0 Å². The van der Waals surface area contributed by atoms with Crippen molar-refractivity contribution in [1.82, 2.24) is 20.2 Å². The number of rotatable bonds is 7. The van der Waals surface area contributed by atoms with Crippen molar-refractivity contribution >= 4 is 40.2 Å². The van der Waals surface area contributed by atoms with Crippen LogP contribution < -0.4 is 20.1 Å². The summed E-state index contributed by atoms with van der Waals surface area (Å²) in [5.74, 6) is 1.83. The molecule has 2 aromatic heterocycles. The molecular weight excluding hydrogens is 416 g/mol. The zero-order valence-electron chi connectivity index (χ0n) is 16.9. The molecule has 0 aliphatic carbocycles. The summed E-state index contributed by atoms with van der Waals surface area (Å²) in [4.78, 5) is 21.0. The number of anilines is 2. The number of carbonyl (C=O) groups is 1. The maximum Gasteiger partial charge on any atom is 0.323 e. The molecule has 3 N–H and O–H groups in total. The zero-order valence-corrected chi connectivity index (χ0v) is 17.7. The molecule has 10 heteroatoms. The number of urea groups is 1. The number of fused-ring (bicyclic) bond motifs is 1. The summed E-state index contributed by atoms with van der Waals surface area (Å²) in [6, 6.07) is 12.4. The van der Waals surface area contributed by atoms with E-state index in [9.17, 15) is 4.79 Å². The van der Waals surface area contributed by atoms with Crippen LogP contribution in [0.15, 0.2) is 60.0 Å². The number of nitrogens with one attached hydrogen (secondary N) is 3. The van der Waals surface area contributed by atoms with Crippen LogP contribution in [0.3, 0.4) is 0 Å². The Morgan fingerprint density at radius 2 is 2.00 bits per heavy atom. The summed E-state index contributed by atoms with van der Waals surface area (Å²) >= 11 is 1.58. The molecule has 4 rings (SSSR count). The molecule has 2 heterocycles. The fourth-order valence-corrected chi connectivity index (χ4v) is 3.85. The molecule has 2 amide bonds. The summed E-state index contributed by atoms with van der Waals surface area (Å²) in [5.41, 5.74) is 2.93. The fraction of sp³-hybridized carbons (Fsp3) is 0.143. The van der Waals surface area contributed by atoms with Crippen molar-refractivity contribution < 1.29 is 14.3 Å². The highest BCUT2D eigenvalue weighted by molar-refractivity contribution is 7.98. The van der Waals surface area contributed by atoms with Crippen LogP contribution in [0.25, 0.3) is 11.0 Å². The molecule has 4 aromatic rings. The summed E-state index contributed by atoms with van der Waals surface area (Å²) in [6.07, 6.45) is 3.23. The zero-order chi connectivity index (χ0) is 21.6. The van der Waals surface area contributed by atoms with Gasteiger partial charge in [0.25, 0.3) is 0 Å². The van der Waals surface area contributed by atoms with Crippen molar-refractivity contribution in [2.75, 3.05) is 24.9 Å². The lowest BCUT2D eigenvalue weighted by molar-refractivity contribution is 0.262. The van der Waals surface area contributed by atoms with E-state index in [-0.39, 0.29) is 6.03 Å². The number of carbonyl (C=O) groups excluding carboxylic acids is 1. The number of aromatic nitrogens is 4. The Bertz CT molecular complexity index is 1210. The number of amides is 2. The number of ether oxygens (including phenoxy) is 2. The fourth-order valence-electron chi connectivity index (χ4n) is 2.94. The molecule has 0 spiro atoms. The quantitative estimate of drug-likeness (QED) is 0.292. The van der Waals surface area contributed by atoms with Gasteiger partial charge in [0.1, 0.15) is 22.9 Å². The predicted octanol–water partition coefficient (Wildman–Crippen LogP) is 4.31. The van der Waals surface area contributed by atoms with E-state index in [1.807, 2.05) is 24.3 Å². The minimum Gasteiger partial charge on any atom is -0.497 e. The van der Waals surface area contributed by atoms with Gasteiger partial charge in [0.15, 0.2) is 5.65 Å². The van der Waals surface area contributed by atoms with E-state index in [1.165, 1.54) is 6.33 Å². The van der Waals surface area contributed by atoms with Gasteiger partial charge in [0.05, 0.1) is 31.5 Å². The Morgan fingerprint density at radius 3 is 2.84 bits per heavy atom. The van der Waals surface area contributed by atoms with Crippen molar-refractivity contribution in [3.05, 3.63) is 60.6 Å². The van der Waals surface area contributed by atoms with Gasteiger partial charge in [-0.15, -0.1) is 11.8 Å². The molecule has 31 heavy (non-hydrogen) atoms. The molecular formula is C21H20N6O3S. The van der Waals surface area contributed by atoms with Crippen LogP contribution in [-0.4, -0.2) is 40.4 Å². The van der Waals surface area contributed by atoms with Crippen LogP contribution >= 0.6 is 11.8 Å². The number of nitrogens with zero attached hydrogens (tertiary/aromatic N) is 3. The molecule has 0 fully saturated rings. The molecule has 0 aliphatic rings. The van der Waals surface area contributed by atoms with Crippen LogP contribution in [0, 0.1) is 0 Å². The summed E-state index contributed by atoms with van der Waals surface area (Å²) in [5, 5.41) is 14.2. The third-order valence-electron chi connectivity index (χ3n) is 4.43. The minimum absolute atomic E-state index is 0.382. The van der Waals surface area contributed by atoms with Crippen LogP contribution in [-0.2, 0) is 5.75 Å². The maximum atomic E-state index is 12.5. The van der Waals surface area contributed by atoms with Crippen LogP contribution in [0.5, 0.6) is 11.5 Å². The molecule has 0 saturated heterocycles. The number of aromatic amines is 1. The SMILES string of the molecule is COc1ccc(OC)c(NC(=O)Nc2cccc(CSc3ncnc4[nH]ncc34)c2)c1. The van der Waals surface area contributed by atoms with Crippen LogP contribution in [0.1, 0.15) is 5.56 Å². The van der Waals surface area contributed by atoms with E-state index in [0.717, 1.165) is 16.0 Å². The summed E-state index contributed by atoms with van der Waals surface area (Å²) < 4.78 is 10.5. The first-order chi connectivity index (χ1) is 15.2. The number of benzene rings is 2. The maximum absolute atomic E-state index is 12.5. The van der Waals surface area contributed by atoms with Crippen molar-refractivity contribution in [2.45, 2.75) is 10.8 Å². The lowest BCUT2D eigenvalue weighted by atomic mass is 10.2. The predicted molar refractivity (Wildman–Crippen MR) is 120 cm³/mol. The van der Waals surface area contributed by atoms with E-state index >= 15 is 0 Å². The Hall–Kier alpha value is -3.79. The highest BCUT2D eigenvalue weighted by Gasteiger charge is 2.10. The van der Waals surface area contributed by atoms with Crippen LogP contribution in [0.4, 0.5) is 16.2 Å². The van der Waals surface area contributed by atoms with Gasteiger partial charge < -0.3 is 20.1 Å². The standard InChI is InChI=1S/C21H20N6O3S/c1-29-15-6-7-18(30-2)17(9-15)26-21(28)25-14-5-3-4-13(8-14)11-31-20-16-10-24-27-19(16)22-12-23-20/h3-10,12H,11H2,1-2H3,(H2,25,26,28)(H,22,23,24,27). The Balaban J connectivity index is 1.41. The first-order valence-corrected chi connectivity index (χ1v) is 10.3. The molecule has 2 aromatic carbocycles. The summed E-state index contributed by atoms with van der Waals surface area (Å²) in [7, 11) is 3.11. The smallest absolute Gasteiger partial charge is 0.323 e. The molecule has 0 aliphatic heterocycles. The highest BCUT2D eigenvalue weighted by atomic mass is 32.2. The van der Waals surface area contributed by atoms with E-state index in [2.05, 4.69) is 30.8 Å². The number of thioether (sulfide) groups is 1. The van der Waals surface area contributed by atoms with Crippen molar-refractivity contribution in [3.8, 4) is 11.5 Å². The average molecular weight is 436 g/mol. The van der Waals surface area contributed by atoms with Gasteiger partial charge in [0.2, 0.25) is 0 Å². The Morgan fingerprint density at radius 1 is 1.10 bits per heavy atom. The van der Waals surface area contributed by atoms with E-state index in [4.69, 9.17) is 9.47 Å². The summed E-state index contributed by atoms with van der Waals surface area (Å²) in [6.45, 7) is 0. The molecule has 158 valence electrons. The van der Waals surface area contributed by atoms with Gasteiger partial charge in [0, 0.05) is 17.5 Å². The molecule has 0 unspecified atom stereocenters. The van der Waals surface area contributed by atoms with Gasteiger partial charge >= 0.3 is 6.03 Å². The second-order valence-corrected chi connectivity index (χ2v) is 7.41. The molecule has 0 saturated carbocycles. The molecule has 9 nitrogen and oxygen atoms in total. The van der Waals surface area contributed by atoms with Gasteiger partial charge in [-0.25, -0.2) is 14.8 Å². The number of H-pyrrole nitrogens is 1. The van der Waals surface area contributed by atoms with E-state index in [1.54, 1.807) is 50.4 Å². The topological polar surface area (TPSA) is 114 Å². The second kappa shape index (κ2) is 9.35. The second-order valence-electron chi connectivity index (χ2n) is 6.45. The molecule has 0 bridgehead atoms. The van der Waals surface area contributed by atoms with Gasteiger partial charge in [-0.3, -0.25) is 5.10 Å². The highest BCUT2D eigenvalue weighted by Crippen LogP contribution is 2.29. The Labute approximate surface area is 182 Å². The first-order valence-electron chi connectivity index (χ1n) is 9.32. The minimum atomic E-state index is -0.382. The van der Waals surface area contributed by atoms with Gasteiger partial charge in [-0.05, 0) is 29.8 Å². The first kappa shape index (κ1) is 20.5. The van der Waals surface area contributed by atoms with E-state index in [0.29, 0.717) is 34.3 Å². The molecule has 0 radical (unpaired) electrons. The van der Waals surface area contributed by atoms with Crippen molar-refractivity contribution in [1.29, 1.82) is 0 Å². The third kappa shape index (κ3) is 4.86. The number of methoxy groups -OCH3 is 2. The largest absolute Gasteiger partial charge is 0.497 e. The average Bonchev–Trinajstić information content (AvgIpc) is 3.27.